The highest BCUT2D eigenvalue weighted by Crippen LogP contribution is 2.40. The molecule has 0 spiro atoms. The van der Waals surface area contributed by atoms with E-state index in [2.05, 4.69) is 133 Å². The van der Waals surface area contributed by atoms with Crippen LogP contribution in [0.5, 0.6) is 23.0 Å². The van der Waals surface area contributed by atoms with Crippen LogP contribution in [-0.2, 0) is 7.05 Å². The van der Waals surface area contributed by atoms with Gasteiger partial charge in [0, 0.05) is 28.9 Å². The van der Waals surface area contributed by atoms with Crippen LogP contribution in [0.2, 0.25) is 0 Å². The molecule has 11 rings (SSSR count). The van der Waals surface area contributed by atoms with Crippen molar-refractivity contribution in [3.63, 3.8) is 0 Å². The lowest BCUT2D eigenvalue weighted by atomic mass is 9.36. The number of aryl methyl sites for hydroxylation is 1. The van der Waals surface area contributed by atoms with Crippen LogP contribution in [0.4, 0.5) is 0 Å². The van der Waals surface area contributed by atoms with Crippen LogP contribution in [0.1, 0.15) is 0 Å². The molecule has 1 heterocycles. The number of aromatic hydroxyl groups is 4. The van der Waals surface area contributed by atoms with E-state index in [1.54, 1.807) is 48.5 Å². The first kappa shape index (κ1) is 42.0. The highest BCUT2D eigenvalue weighted by Gasteiger charge is 2.27. The van der Waals surface area contributed by atoms with Crippen LogP contribution in [0.25, 0.3) is 66.3 Å². The Morgan fingerprint density at radius 1 is 0.294 bits per heavy atom. The molecule has 0 aliphatic rings. The Balaban J connectivity index is 0.956. The fourth-order valence-corrected chi connectivity index (χ4v) is 10.4. The first-order valence-electron chi connectivity index (χ1n) is 22.8. The number of para-hydroxylation sites is 2. The lowest BCUT2D eigenvalue weighted by molar-refractivity contribution is 0.475. The van der Waals surface area contributed by atoms with Crippen molar-refractivity contribution in [1.82, 2.24) is 4.57 Å². The molecule has 0 atom stereocenters. The zero-order valence-electron chi connectivity index (χ0n) is 37.3. The summed E-state index contributed by atoms with van der Waals surface area (Å²) < 4.78 is 2.34. The van der Waals surface area contributed by atoms with Crippen molar-refractivity contribution in [2.24, 2.45) is 7.05 Å². The number of phenolic OH excluding ortho intramolecular Hbond substituents is 4. The van der Waals surface area contributed by atoms with Gasteiger partial charge in [-0.25, -0.2) is 0 Å². The minimum absolute atomic E-state index is 0.197. The normalized spacial score (nSPS) is 11.2. The molecule has 0 unspecified atom stereocenters. The number of benzene rings is 10. The van der Waals surface area contributed by atoms with E-state index in [1.807, 2.05) is 60.7 Å². The Bertz CT molecular complexity index is 3330. The minimum atomic E-state index is -0.227. The lowest BCUT2D eigenvalue weighted by Crippen LogP contribution is -2.52. The first-order chi connectivity index (χ1) is 33.3. The van der Waals surface area contributed by atoms with E-state index in [-0.39, 0.29) is 36.4 Å². The van der Waals surface area contributed by atoms with E-state index >= 15 is 0 Å². The van der Waals surface area contributed by atoms with Gasteiger partial charge in [0.1, 0.15) is 23.0 Å². The summed E-state index contributed by atoms with van der Waals surface area (Å²) >= 11 is 0. The molecule has 0 aliphatic heterocycles. The third-order valence-corrected chi connectivity index (χ3v) is 13.4. The van der Waals surface area contributed by atoms with Crippen LogP contribution in [0.15, 0.2) is 231 Å². The second-order valence-electron chi connectivity index (χ2n) is 17.5. The molecule has 0 radical (unpaired) electrons. The van der Waals surface area contributed by atoms with Gasteiger partial charge < -0.3 is 25.0 Å². The van der Waals surface area contributed by atoms with E-state index in [0.29, 0.717) is 0 Å². The van der Waals surface area contributed by atoms with Crippen LogP contribution in [0.3, 0.4) is 0 Å². The van der Waals surface area contributed by atoms with Crippen LogP contribution in [-0.4, -0.2) is 38.4 Å². The monoisotopic (exact) mass is 877 g/mol. The van der Waals surface area contributed by atoms with Gasteiger partial charge in [0.2, 0.25) is 13.4 Å². The predicted molar refractivity (Wildman–Crippen MR) is 284 cm³/mol. The fourth-order valence-electron chi connectivity index (χ4n) is 10.4. The smallest absolute Gasteiger partial charge is 0.242 e. The summed E-state index contributed by atoms with van der Waals surface area (Å²) in [6, 6.07) is 77.0. The molecule has 68 heavy (non-hydrogen) atoms. The maximum atomic E-state index is 10.5. The van der Waals surface area contributed by atoms with Gasteiger partial charge in [-0.15, -0.1) is 0 Å². The number of phenols is 4. The summed E-state index contributed by atoms with van der Waals surface area (Å²) in [5.74, 6) is 0.789. The molecule has 10 aromatic carbocycles. The summed E-state index contributed by atoms with van der Waals surface area (Å²) in [5.41, 5.74) is 17.0. The van der Waals surface area contributed by atoms with Crippen molar-refractivity contribution < 1.29 is 20.4 Å². The minimum Gasteiger partial charge on any atom is -0.508 e. The Hall–Kier alpha value is -8.67. The van der Waals surface area contributed by atoms with E-state index in [0.717, 1.165) is 88.3 Å². The molecule has 324 valence electrons. The van der Waals surface area contributed by atoms with E-state index < -0.39 is 0 Å². The van der Waals surface area contributed by atoms with Crippen molar-refractivity contribution in [1.29, 1.82) is 0 Å². The maximum Gasteiger partial charge on any atom is 0.242 e. The van der Waals surface area contributed by atoms with Crippen molar-refractivity contribution in [3.05, 3.63) is 231 Å². The van der Waals surface area contributed by atoms with Gasteiger partial charge in [-0.2, -0.15) is 0 Å². The fraction of sp³-hybridized carbons (Fsp3) is 0.0164. The Morgan fingerprint density at radius 2 is 0.574 bits per heavy atom. The quantitative estimate of drug-likeness (QED) is 0.103. The average molecular weight is 878 g/mol. The number of rotatable bonds is 10. The maximum absolute atomic E-state index is 10.5. The predicted octanol–water partition coefficient (Wildman–Crippen LogP) is 9.85. The zero-order valence-corrected chi connectivity index (χ0v) is 37.3. The lowest BCUT2D eigenvalue weighted by Gasteiger charge is -2.20. The van der Waals surface area contributed by atoms with Crippen molar-refractivity contribution in [2.45, 2.75) is 0 Å². The van der Waals surface area contributed by atoms with E-state index in [1.165, 1.54) is 10.8 Å². The molecule has 0 saturated carbocycles. The van der Waals surface area contributed by atoms with E-state index in [4.69, 9.17) is 0 Å². The zero-order chi connectivity index (χ0) is 46.3. The third kappa shape index (κ3) is 7.74. The number of nitrogens with zero attached hydrogens (tertiary/aromatic N) is 1. The Morgan fingerprint density at radius 3 is 0.897 bits per heavy atom. The molecular formula is C61H45B2NO4. The molecule has 11 aromatic rings. The van der Waals surface area contributed by atoms with Gasteiger partial charge in [-0.3, -0.25) is 0 Å². The summed E-state index contributed by atoms with van der Waals surface area (Å²) in [4.78, 5) is 0. The van der Waals surface area contributed by atoms with Crippen molar-refractivity contribution in [3.8, 4) is 67.5 Å². The number of hydrogen-bond donors (Lipinski definition) is 4. The van der Waals surface area contributed by atoms with Crippen LogP contribution < -0.4 is 32.8 Å². The van der Waals surface area contributed by atoms with Crippen LogP contribution >= 0.6 is 0 Å². The molecule has 4 N–H and O–H groups in total. The summed E-state index contributed by atoms with van der Waals surface area (Å²) in [6.07, 6.45) is 0. The molecule has 7 heteroatoms. The van der Waals surface area contributed by atoms with Gasteiger partial charge in [0.25, 0.3) is 0 Å². The number of hydrogen-bond acceptors (Lipinski definition) is 4. The molecule has 0 bridgehead atoms. The molecule has 0 amide bonds. The highest BCUT2D eigenvalue weighted by atomic mass is 16.3. The van der Waals surface area contributed by atoms with Crippen molar-refractivity contribution in [2.75, 3.05) is 0 Å². The van der Waals surface area contributed by atoms with E-state index in [9.17, 15) is 20.4 Å². The van der Waals surface area contributed by atoms with Gasteiger partial charge in [-0.1, -0.05) is 215 Å². The molecular weight excluding hydrogens is 832 g/mol. The Kier molecular flexibility index (Phi) is 10.9. The average Bonchev–Trinajstić information content (AvgIpc) is 3.66. The summed E-state index contributed by atoms with van der Waals surface area (Å²) in [7, 11) is 2.17. The van der Waals surface area contributed by atoms with Gasteiger partial charge in [-0.05, 0) is 81.9 Å². The topological polar surface area (TPSA) is 85.9 Å². The summed E-state index contributed by atoms with van der Waals surface area (Å²) in [5, 5.41) is 44.5. The van der Waals surface area contributed by atoms with Gasteiger partial charge >= 0.3 is 0 Å². The standard InChI is InChI=1S/C61H45B2NO4/c1-64-60-54(42-32-28-40(29-33-42)52-20-2-4-26-58(52)62(44-12-6-16-48(65)36-44)45-13-7-17-49(66)37-45)22-10-24-56(60)57-25-11-23-55(61(57)64)43-34-30-41(31-35-43)53-21-3-5-27-59(53)63(46-14-8-18-50(67)38-46)47-15-9-19-51(68)39-47/h2-39,65-68H,1H3. The second kappa shape index (κ2) is 17.6. The van der Waals surface area contributed by atoms with Gasteiger partial charge in [0.15, 0.2) is 0 Å². The first-order valence-corrected chi connectivity index (χ1v) is 22.8. The molecule has 0 aliphatic carbocycles. The largest absolute Gasteiger partial charge is 0.508 e. The van der Waals surface area contributed by atoms with Gasteiger partial charge in [0.05, 0.1) is 11.0 Å². The highest BCUT2D eigenvalue weighted by molar-refractivity contribution is 6.97. The number of aromatic nitrogens is 1. The molecule has 5 nitrogen and oxygen atoms in total. The second-order valence-corrected chi connectivity index (χ2v) is 17.5. The summed E-state index contributed by atoms with van der Waals surface area (Å²) in [6.45, 7) is -0.454. The third-order valence-electron chi connectivity index (χ3n) is 13.4. The molecule has 0 fully saturated rings. The molecule has 1 aromatic heterocycles. The Labute approximate surface area is 396 Å². The SMILES string of the molecule is Cn1c2c(-c3ccc(-c4ccccc4B(c4cccc(O)c4)c4cccc(O)c4)cc3)cccc2c2cccc(-c3ccc(-c4ccccc4B(c4cccc(O)c4)c4cccc(O)c4)cc3)c21. The van der Waals surface area contributed by atoms with Crippen LogP contribution in [0, 0.1) is 0 Å². The number of fused-ring (bicyclic) bond motifs is 3. The molecule has 0 saturated heterocycles. The van der Waals surface area contributed by atoms with Crippen molar-refractivity contribution >= 4 is 68.0 Å².